The van der Waals surface area contributed by atoms with E-state index in [1.807, 2.05) is 29.6 Å². The van der Waals surface area contributed by atoms with Gasteiger partial charge in [0.05, 0.1) is 5.52 Å². The molecular weight excluding hydrogens is 410 g/mol. The number of nitrogens with one attached hydrogen (secondary N) is 1. The quantitative estimate of drug-likeness (QED) is 0.487. The lowest BCUT2D eigenvalue weighted by Gasteiger charge is -2.32. The molecule has 4 aromatic rings. The van der Waals surface area contributed by atoms with Crippen LogP contribution in [0.1, 0.15) is 41.8 Å². The number of benzene rings is 2. The number of aromatic nitrogens is 3. The molecule has 1 aliphatic rings. The molecule has 170 valence electrons. The lowest BCUT2D eigenvalue weighted by molar-refractivity contribution is -0.122. The highest BCUT2D eigenvalue weighted by molar-refractivity contribution is 5.92. The number of amides is 1. The van der Waals surface area contributed by atoms with Gasteiger partial charge in [-0.05, 0) is 56.4 Å². The van der Waals surface area contributed by atoms with Crippen LogP contribution in [0.2, 0.25) is 0 Å². The van der Waals surface area contributed by atoms with Gasteiger partial charge >= 0.3 is 0 Å². The van der Waals surface area contributed by atoms with Gasteiger partial charge in [0.25, 0.3) is 0 Å². The summed E-state index contributed by atoms with van der Waals surface area (Å²) in [7, 11) is 0. The predicted octanol–water partition coefficient (Wildman–Crippen LogP) is 4.21. The monoisotopic (exact) mass is 441 g/mol. The van der Waals surface area contributed by atoms with Gasteiger partial charge in [-0.2, -0.15) is 5.10 Å². The van der Waals surface area contributed by atoms with Gasteiger partial charge in [0.15, 0.2) is 5.65 Å². The van der Waals surface area contributed by atoms with Gasteiger partial charge in [-0.1, -0.05) is 42.5 Å². The summed E-state index contributed by atoms with van der Waals surface area (Å²) in [6.45, 7) is 7.13. The molecule has 1 saturated heterocycles. The second-order valence-corrected chi connectivity index (χ2v) is 9.12. The number of fused-ring (bicyclic) bond motifs is 3. The lowest BCUT2D eigenvalue weighted by Crippen LogP contribution is -2.44. The van der Waals surface area contributed by atoms with E-state index in [0.717, 1.165) is 66.0 Å². The molecule has 1 amide bonds. The number of carbonyl (C=O) groups is 1. The second-order valence-electron chi connectivity index (χ2n) is 9.12. The summed E-state index contributed by atoms with van der Waals surface area (Å²) in [5.41, 5.74) is 6.34. The fourth-order valence-corrected chi connectivity index (χ4v) is 4.95. The van der Waals surface area contributed by atoms with Gasteiger partial charge in [-0.15, -0.1) is 0 Å². The van der Waals surface area contributed by atoms with E-state index in [-0.39, 0.29) is 11.9 Å². The molecule has 0 radical (unpaired) electrons. The van der Waals surface area contributed by atoms with Crippen molar-refractivity contribution in [1.29, 1.82) is 0 Å². The van der Waals surface area contributed by atoms with Crippen LogP contribution >= 0.6 is 0 Å². The highest BCUT2D eigenvalue weighted by atomic mass is 16.1. The van der Waals surface area contributed by atoms with Crippen LogP contribution in [0.4, 0.5) is 0 Å². The molecule has 2 aromatic heterocycles. The summed E-state index contributed by atoms with van der Waals surface area (Å²) in [5.74, 6) is 0.126. The summed E-state index contributed by atoms with van der Waals surface area (Å²) >= 11 is 0. The lowest BCUT2D eigenvalue weighted by atomic mass is 10.0. The molecule has 6 heteroatoms. The average Bonchev–Trinajstić information content (AvgIpc) is 3.20. The first-order valence-corrected chi connectivity index (χ1v) is 11.9. The molecule has 0 atom stereocenters. The van der Waals surface area contributed by atoms with Gasteiger partial charge in [0.2, 0.25) is 5.91 Å². The van der Waals surface area contributed by atoms with Crippen LogP contribution in [-0.2, 0) is 17.8 Å². The van der Waals surface area contributed by atoms with Gasteiger partial charge < -0.3 is 5.32 Å². The SMILES string of the molecule is Cc1nc2c3ccccc3nn2c(C)c1CCC(=O)NC1CCN(Cc2ccccc2)CC1. The van der Waals surface area contributed by atoms with E-state index >= 15 is 0 Å². The molecule has 6 nitrogen and oxygen atoms in total. The Balaban J connectivity index is 1.17. The third kappa shape index (κ3) is 4.62. The van der Waals surface area contributed by atoms with Crippen LogP contribution in [0.15, 0.2) is 54.6 Å². The number of carbonyl (C=O) groups excluding carboxylic acids is 1. The van der Waals surface area contributed by atoms with E-state index in [9.17, 15) is 4.79 Å². The number of rotatable bonds is 6. The number of hydrogen-bond donors (Lipinski definition) is 1. The molecule has 2 aromatic carbocycles. The van der Waals surface area contributed by atoms with Gasteiger partial charge in [-0.25, -0.2) is 9.50 Å². The van der Waals surface area contributed by atoms with E-state index in [2.05, 4.69) is 53.5 Å². The number of hydrogen-bond acceptors (Lipinski definition) is 4. The largest absolute Gasteiger partial charge is 0.353 e. The third-order valence-corrected chi connectivity index (χ3v) is 6.82. The van der Waals surface area contributed by atoms with Crippen molar-refractivity contribution in [1.82, 2.24) is 24.8 Å². The molecule has 5 rings (SSSR count). The molecule has 3 heterocycles. The molecule has 1 fully saturated rings. The van der Waals surface area contributed by atoms with Crippen LogP contribution in [0.25, 0.3) is 16.6 Å². The standard InChI is InChI=1S/C27H31N5O/c1-19-23(20(2)32-27(28-19)24-10-6-7-11-25(24)30-32)12-13-26(33)29-22-14-16-31(17-15-22)18-21-8-4-3-5-9-21/h3-11,22H,12-18H2,1-2H3,(H,29,33). The van der Waals surface area contributed by atoms with Crippen molar-refractivity contribution in [2.75, 3.05) is 13.1 Å². The Kier molecular flexibility index (Phi) is 6.09. The Morgan fingerprint density at radius 1 is 1.03 bits per heavy atom. The maximum Gasteiger partial charge on any atom is 0.220 e. The van der Waals surface area contributed by atoms with Gasteiger partial charge in [0.1, 0.15) is 0 Å². The van der Waals surface area contributed by atoms with E-state index < -0.39 is 0 Å². The summed E-state index contributed by atoms with van der Waals surface area (Å²) in [6.07, 6.45) is 3.16. The Morgan fingerprint density at radius 3 is 2.55 bits per heavy atom. The van der Waals surface area contributed by atoms with E-state index in [0.29, 0.717) is 12.8 Å². The van der Waals surface area contributed by atoms with E-state index in [1.54, 1.807) is 0 Å². The molecule has 1 N–H and O–H groups in total. The van der Waals surface area contributed by atoms with E-state index in [4.69, 9.17) is 10.1 Å². The normalized spacial score (nSPS) is 15.3. The smallest absolute Gasteiger partial charge is 0.220 e. The second kappa shape index (κ2) is 9.32. The molecule has 0 bridgehead atoms. The molecule has 0 spiro atoms. The molecule has 0 saturated carbocycles. The first-order chi connectivity index (χ1) is 16.1. The Morgan fingerprint density at radius 2 is 1.76 bits per heavy atom. The highest BCUT2D eigenvalue weighted by Gasteiger charge is 2.21. The molecular formula is C27H31N5O. The Labute approximate surface area is 194 Å². The number of nitrogens with zero attached hydrogens (tertiary/aromatic N) is 4. The zero-order valence-electron chi connectivity index (χ0n) is 19.4. The maximum atomic E-state index is 12.7. The summed E-state index contributed by atoms with van der Waals surface area (Å²) in [4.78, 5) is 20.0. The first kappa shape index (κ1) is 21.6. The average molecular weight is 442 g/mol. The van der Waals surface area contributed by atoms with Crippen LogP contribution in [-0.4, -0.2) is 44.5 Å². The first-order valence-electron chi connectivity index (χ1n) is 11.9. The van der Waals surface area contributed by atoms with Crippen LogP contribution in [0.5, 0.6) is 0 Å². The predicted molar refractivity (Wildman–Crippen MR) is 131 cm³/mol. The van der Waals surface area contributed by atoms with Crippen LogP contribution in [0.3, 0.4) is 0 Å². The summed E-state index contributed by atoms with van der Waals surface area (Å²) in [5, 5.41) is 9.05. The van der Waals surface area contributed by atoms with Crippen molar-refractivity contribution in [3.8, 4) is 0 Å². The third-order valence-electron chi connectivity index (χ3n) is 6.82. The topological polar surface area (TPSA) is 62.5 Å². The Bertz CT molecular complexity index is 1270. The summed E-state index contributed by atoms with van der Waals surface area (Å²) in [6, 6.07) is 18.9. The number of piperidine rings is 1. The van der Waals surface area contributed by atoms with Gasteiger partial charge in [0, 0.05) is 48.9 Å². The molecule has 0 aliphatic carbocycles. The van der Waals surface area contributed by atoms with Crippen molar-refractivity contribution in [2.24, 2.45) is 0 Å². The van der Waals surface area contributed by atoms with Crippen molar-refractivity contribution in [2.45, 2.75) is 52.1 Å². The minimum atomic E-state index is 0.126. The maximum absolute atomic E-state index is 12.7. The molecule has 0 unspecified atom stereocenters. The van der Waals surface area contributed by atoms with Crippen molar-refractivity contribution < 1.29 is 4.79 Å². The van der Waals surface area contributed by atoms with Crippen molar-refractivity contribution >= 4 is 22.5 Å². The van der Waals surface area contributed by atoms with E-state index in [1.165, 1.54) is 5.56 Å². The van der Waals surface area contributed by atoms with Gasteiger partial charge in [-0.3, -0.25) is 9.69 Å². The zero-order valence-corrected chi connectivity index (χ0v) is 19.4. The number of likely N-dealkylation sites (tertiary alicyclic amines) is 1. The fraction of sp³-hybridized carbons (Fsp3) is 0.370. The minimum Gasteiger partial charge on any atom is -0.353 e. The molecule has 1 aliphatic heterocycles. The Hall–Kier alpha value is -3.25. The minimum absolute atomic E-state index is 0.126. The van der Waals surface area contributed by atoms with Crippen LogP contribution < -0.4 is 5.32 Å². The molecule has 33 heavy (non-hydrogen) atoms. The van der Waals surface area contributed by atoms with Crippen molar-refractivity contribution in [3.05, 3.63) is 77.1 Å². The fourth-order valence-electron chi connectivity index (χ4n) is 4.95. The summed E-state index contributed by atoms with van der Waals surface area (Å²) < 4.78 is 1.92. The number of aryl methyl sites for hydroxylation is 2. The van der Waals surface area contributed by atoms with Crippen molar-refractivity contribution in [3.63, 3.8) is 0 Å². The zero-order chi connectivity index (χ0) is 22.8. The van der Waals surface area contributed by atoms with Crippen LogP contribution in [0, 0.1) is 13.8 Å². The highest BCUT2D eigenvalue weighted by Crippen LogP contribution is 2.23.